The van der Waals surface area contributed by atoms with Crippen molar-refractivity contribution >= 4 is 22.9 Å². The molecule has 2 aromatic rings. The first kappa shape index (κ1) is 16.0. The van der Waals surface area contributed by atoms with Crippen LogP contribution in [0.3, 0.4) is 0 Å². The van der Waals surface area contributed by atoms with Gasteiger partial charge in [0.05, 0.1) is 6.61 Å². The predicted molar refractivity (Wildman–Crippen MR) is 92.1 cm³/mol. The molecule has 3 rings (SSSR count). The zero-order valence-corrected chi connectivity index (χ0v) is 14.2. The average molecular weight is 331 g/mol. The second kappa shape index (κ2) is 7.10. The van der Waals surface area contributed by atoms with Crippen LogP contribution in [-0.2, 0) is 17.8 Å². The number of nitrogens with zero attached hydrogens (tertiary/aromatic N) is 2. The number of rotatable bonds is 6. The highest BCUT2D eigenvalue weighted by Crippen LogP contribution is 2.31. The van der Waals surface area contributed by atoms with Crippen LogP contribution in [0.5, 0.6) is 0 Å². The van der Waals surface area contributed by atoms with Crippen LogP contribution in [-0.4, -0.2) is 37.1 Å². The van der Waals surface area contributed by atoms with Gasteiger partial charge in [-0.05, 0) is 25.0 Å². The Hall–Kier alpha value is -1.92. The minimum Gasteiger partial charge on any atom is -0.378 e. The Labute approximate surface area is 140 Å². The van der Waals surface area contributed by atoms with E-state index in [1.165, 1.54) is 22.6 Å². The quantitative estimate of drug-likeness (QED) is 0.883. The molecular formula is C17H21N3O2S. The topological polar surface area (TPSA) is 54.5 Å². The highest BCUT2D eigenvalue weighted by atomic mass is 32.1. The molecule has 1 N–H and O–H groups in total. The van der Waals surface area contributed by atoms with Gasteiger partial charge in [0.2, 0.25) is 0 Å². The average Bonchev–Trinajstić information content (AvgIpc) is 3.13. The van der Waals surface area contributed by atoms with Crippen molar-refractivity contribution in [2.75, 3.05) is 25.1 Å². The zero-order chi connectivity index (χ0) is 16.2. The Bertz CT molecular complexity index is 686. The van der Waals surface area contributed by atoms with Crippen molar-refractivity contribution in [1.29, 1.82) is 0 Å². The number of carbonyl (C=O) groups is 1. The molecule has 0 aliphatic carbocycles. The number of benzene rings is 1. The minimum absolute atomic E-state index is 0.122. The number of thiazole rings is 1. The van der Waals surface area contributed by atoms with Gasteiger partial charge in [0, 0.05) is 37.3 Å². The number of carbonyl (C=O) groups excluding carboxylic acids is 1. The largest absolute Gasteiger partial charge is 0.378 e. The van der Waals surface area contributed by atoms with E-state index < -0.39 is 0 Å². The highest BCUT2D eigenvalue weighted by Gasteiger charge is 2.25. The van der Waals surface area contributed by atoms with Gasteiger partial charge in [0.25, 0.3) is 5.91 Å². The third kappa shape index (κ3) is 3.54. The number of ether oxygens (including phenoxy) is 1. The van der Waals surface area contributed by atoms with Crippen LogP contribution in [0.2, 0.25) is 0 Å². The summed E-state index contributed by atoms with van der Waals surface area (Å²) < 4.78 is 5.02. The normalized spacial score (nSPS) is 16.4. The van der Waals surface area contributed by atoms with E-state index in [1.807, 2.05) is 0 Å². The number of hydrogen-bond acceptors (Lipinski definition) is 5. The van der Waals surface area contributed by atoms with Crippen molar-refractivity contribution in [2.24, 2.45) is 0 Å². The van der Waals surface area contributed by atoms with Crippen molar-refractivity contribution in [3.63, 3.8) is 0 Å². The molecule has 1 aliphatic rings. The van der Waals surface area contributed by atoms with Gasteiger partial charge in [0.1, 0.15) is 10.7 Å². The summed E-state index contributed by atoms with van der Waals surface area (Å²) in [5.41, 5.74) is 3.14. The van der Waals surface area contributed by atoms with E-state index in [2.05, 4.69) is 46.4 Å². The molecule has 122 valence electrons. The van der Waals surface area contributed by atoms with Crippen molar-refractivity contribution in [3.05, 3.63) is 45.9 Å². The highest BCUT2D eigenvalue weighted by molar-refractivity contribution is 7.09. The molecule has 0 spiro atoms. The van der Waals surface area contributed by atoms with Crippen LogP contribution < -0.4 is 10.2 Å². The number of fused-ring (bicyclic) bond motifs is 1. The van der Waals surface area contributed by atoms with E-state index >= 15 is 0 Å². The molecule has 1 amide bonds. The molecular weight excluding hydrogens is 310 g/mol. The number of anilines is 1. The Morgan fingerprint density at radius 3 is 3.13 bits per heavy atom. The van der Waals surface area contributed by atoms with Crippen LogP contribution in [0.25, 0.3) is 0 Å². The van der Waals surface area contributed by atoms with Crippen LogP contribution >= 0.6 is 11.3 Å². The number of hydrogen-bond donors (Lipinski definition) is 1. The van der Waals surface area contributed by atoms with Gasteiger partial charge in [0.15, 0.2) is 0 Å². The lowest BCUT2D eigenvalue weighted by molar-refractivity contribution is 0.0949. The second-order valence-corrected chi connectivity index (χ2v) is 6.63. The summed E-state index contributed by atoms with van der Waals surface area (Å²) in [7, 11) is 1.62. The molecule has 6 heteroatoms. The number of aromatic nitrogens is 1. The lowest BCUT2D eigenvalue weighted by Crippen LogP contribution is -2.38. The molecule has 0 bridgehead atoms. The molecule has 0 unspecified atom stereocenters. The van der Waals surface area contributed by atoms with E-state index in [0.717, 1.165) is 18.0 Å². The fourth-order valence-corrected chi connectivity index (χ4v) is 3.70. The van der Waals surface area contributed by atoms with Crippen molar-refractivity contribution in [3.8, 4) is 0 Å². The van der Waals surface area contributed by atoms with Gasteiger partial charge in [-0.25, -0.2) is 4.98 Å². The number of amides is 1. The molecule has 0 fully saturated rings. The van der Waals surface area contributed by atoms with Gasteiger partial charge in [-0.1, -0.05) is 18.2 Å². The molecule has 0 saturated heterocycles. The summed E-state index contributed by atoms with van der Waals surface area (Å²) in [6.45, 7) is 4.08. The molecule has 23 heavy (non-hydrogen) atoms. The molecule has 1 aromatic carbocycles. The Morgan fingerprint density at radius 2 is 2.30 bits per heavy atom. The first-order valence-corrected chi connectivity index (χ1v) is 8.63. The number of methoxy groups -OCH3 is 1. The molecule has 5 nitrogen and oxygen atoms in total. The van der Waals surface area contributed by atoms with Gasteiger partial charge >= 0.3 is 0 Å². The lowest BCUT2D eigenvalue weighted by atomic mass is 10.1. The fourth-order valence-electron chi connectivity index (χ4n) is 2.96. The first-order chi connectivity index (χ1) is 11.2. The fraction of sp³-hybridized carbons (Fsp3) is 0.412. The van der Waals surface area contributed by atoms with E-state index in [9.17, 15) is 4.79 Å². The van der Waals surface area contributed by atoms with Crippen LogP contribution in [0.1, 0.15) is 28.0 Å². The van der Waals surface area contributed by atoms with Gasteiger partial charge in [-0.2, -0.15) is 0 Å². The maximum absolute atomic E-state index is 12.1. The van der Waals surface area contributed by atoms with Crippen LogP contribution in [0, 0.1) is 0 Å². The van der Waals surface area contributed by atoms with Gasteiger partial charge < -0.3 is 15.0 Å². The molecule has 0 saturated carbocycles. The van der Waals surface area contributed by atoms with E-state index in [4.69, 9.17) is 4.74 Å². The Morgan fingerprint density at radius 1 is 1.48 bits per heavy atom. The molecule has 1 aliphatic heterocycles. The predicted octanol–water partition coefficient (Wildman–Crippen LogP) is 2.47. The smallest absolute Gasteiger partial charge is 0.270 e. The Balaban J connectivity index is 1.54. The number of nitrogens with one attached hydrogen (secondary N) is 1. The third-order valence-corrected chi connectivity index (χ3v) is 4.86. The maximum atomic E-state index is 12.1. The van der Waals surface area contributed by atoms with Crippen molar-refractivity contribution < 1.29 is 9.53 Å². The van der Waals surface area contributed by atoms with Crippen molar-refractivity contribution in [1.82, 2.24) is 10.3 Å². The monoisotopic (exact) mass is 331 g/mol. The SMILES string of the molecule is COCc1nc(C(=O)NCCN2c3ccccc3C[C@@H]2C)cs1. The molecule has 1 aromatic heterocycles. The molecule has 1 atom stereocenters. The van der Waals surface area contributed by atoms with Gasteiger partial charge in [-0.15, -0.1) is 11.3 Å². The summed E-state index contributed by atoms with van der Waals surface area (Å²) in [5.74, 6) is -0.122. The summed E-state index contributed by atoms with van der Waals surface area (Å²) in [6, 6.07) is 8.94. The maximum Gasteiger partial charge on any atom is 0.270 e. The minimum atomic E-state index is -0.122. The summed E-state index contributed by atoms with van der Waals surface area (Å²) in [6.07, 6.45) is 1.07. The molecule has 0 radical (unpaired) electrons. The van der Waals surface area contributed by atoms with E-state index in [1.54, 1.807) is 12.5 Å². The summed E-state index contributed by atoms with van der Waals surface area (Å²) in [4.78, 5) is 18.8. The second-order valence-electron chi connectivity index (χ2n) is 5.69. The van der Waals surface area contributed by atoms with Crippen molar-refractivity contribution in [2.45, 2.75) is 26.0 Å². The third-order valence-electron chi connectivity index (χ3n) is 4.04. The standard InChI is InChI=1S/C17H21N3O2S/c1-12-9-13-5-3-4-6-15(13)20(12)8-7-18-17(21)14-11-23-16(19-14)10-22-2/h3-6,11-12H,7-10H2,1-2H3,(H,18,21)/t12-/m0/s1. The zero-order valence-electron chi connectivity index (χ0n) is 13.4. The van der Waals surface area contributed by atoms with E-state index in [-0.39, 0.29) is 5.91 Å². The molecule has 2 heterocycles. The van der Waals surface area contributed by atoms with E-state index in [0.29, 0.717) is 24.9 Å². The van der Waals surface area contributed by atoms with Gasteiger partial charge in [-0.3, -0.25) is 4.79 Å². The Kier molecular flexibility index (Phi) is 4.93. The lowest BCUT2D eigenvalue weighted by Gasteiger charge is -2.24. The van der Waals surface area contributed by atoms with Crippen LogP contribution in [0.4, 0.5) is 5.69 Å². The summed E-state index contributed by atoms with van der Waals surface area (Å²) >= 11 is 1.44. The number of para-hydroxylation sites is 1. The van der Waals surface area contributed by atoms with Crippen LogP contribution in [0.15, 0.2) is 29.6 Å². The first-order valence-electron chi connectivity index (χ1n) is 7.75. The summed E-state index contributed by atoms with van der Waals surface area (Å²) in [5, 5.41) is 5.55.